The van der Waals surface area contributed by atoms with Crippen molar-refractivity contribution in [1.29, 1.82) is 0 Å². The number of carbonyl (C=O) groups is 2. The predicted octanol–water partition coefficient (Wildman–Crippen LogP) is 4.67. The molecule has 0 bridgehead atoms. The van der Waals surface area contributed by atoms with Crippen LogP contribution in [0.2, 0.25) is 0 Å². The van der Waals surface area contributed by atoms with Gasteiger partial charge in [0.05, 0.1) is 16.5 Å². The first-order chi connectivity index (χ1) is 13.1. The quantitative estimate of drug-likeness (QED) is 0.670. The zero-order valence-electron chi connectivity index (χ0n) is 14.0. The molecule has 0 aliphatic carbocycles. The van der Waals surface area contributed by atoms with Crippen LogP contribution in [-0.4, -0.2) is 16.8 Å². The topological polar surface area (TPSA) is 57.6 Å². The van der Waals surface area contributed by atoms with Crippen molar-refractivity contribution in [3.05, 3.63) is 99.7 Å². The Morgan fingerprint density at radius 2 is 1.70 bits per heavy atom. The molecule has 1 amide bonds. The molecule has 27 heavy (non-hydrogen) atoms. The van der Waals surface area contributed by atoms with Crippen LogP contribution in [0.3, 0.4) is 0 Å². The van der Waals surface area contributed by atoms with E-state index in [1.165, 1.54) is 40.5 Å². The van der Waals surface area contributed by atoms with Gasteiger partial charge >= 0.3 is 0 Å². The fourth-order valence-corrected chi connectivity index (χ4v) is 3.87. The molecule has 1 unspecified atom stereocenters. The first-order valence-electron chi connectivity index (χ1n) is 8.23. The lowest BCUT2D eigenvalue weighted by atomic mass is 9.95. The number of anilines is 1. The molecule has 1 aliphatic rings. The molecule has 3 aromatic rings. The average molecular weight is 379 g/mol. The lowest BCUT2D eigenvalue weighted by Gasteiger charge is -2.26. The molecule has 6 heteroatoms. The summed E-state index contributed by atoms with van der Waals surface area (Å²) >= 11 is 1.24. The van der Waals surface area contributed by atoms with Crippen LogP contribution in [0.15, 0.2) is 83.4 Å². The third kappa shape index (κ3) is 2.94. The highest BCUT2D eigenvalue weighted by Crippen LogP contribution is 2.42. The summed E-state index contributed by atoms with van der Waals surface area (Å²) in [6.45, 7) is 0. The number of benzene rings is 2. The lowest BCUT2D eigenvalue weighted by Crippen LogP contribution is -2.31. The van der Waals surface area contributed by atoms with E-state index in [0.717, 1.165) is 0 Å². The van der Waals surface area contributed by atoms with Gasteiger partial charge in [-0.1, -0.05) is 36.4 Å². The number of carbonyl (C=O) groups excluding carboxylic acids is 2. The van der Waals surface area contributed by atoms with Crippen molar-refractivity contribution in [3.8, 4) is 0 Å². The Labute approximate surface area is 158 Å². The van der Waals surface area contributed by atoms with E-state index in [4.69, 9.17) is 0 Å². The number of hydrogen-bond acceptors (Lipinski definition) is 4. The summed E-state index contributed by atoms with van der Waals surface area (Å²) < 4.78 is 13.3. The Morgan fingerprint density at radius 3 is 2.33 bits per heavy atom. The standard InChI is InChI=1S/C21H14FNO3S/c22-14-8-10-15(11-9-14)23-18(13-5-2-1-3-6-13)17(20(25)21(23)26)19(24)16-7-4-12-27-16/h1-12,18,25H. The van der Waals surface area contributed by atoms with E-state index in [9.17, 15) is 19.1 Å². The molecule has 2 heterocycles. The van der Waals surface area contributed by atoms with Crippen molar-refractivity contribution in [2.75, 3.05) is 4.90 Å². The third-order valence-electron chi connectivity index (χ3n) is 4.42. The summed E-state index contributed by atoms with van der Waals surface area (Å²) in [4.78, 5) is 27.6. The van der Waals surface area contributed by atoms with Gasteiger partial charge in [0.2, 0.25) is 5.78 Å². The van der Waals surface area contributed by atoms with Gasteiger partial charge < -0.3 is 5.11 Å². The summed E-state index contributed by atoms with van der Waals surface area (Å²) in [7, 11) is 0. The normalized spacial score (nSPS) is 16.9. The molecule has 4 nitrogen and oxygen atoms in total. The van der Waals surface area contributed by atoms with Crippen molar-refractivity contribution in [3.63, 3.8) is 0 Å². The average Bonchev–Trinajstić information content (AvgIpc) is 3.31. The predicted molar refractivity (Wildman–Crippen MR) is 101 cm³/mol. The lowest BCUT2D eigenvalue weighted by molar-refractivity contribution is -0.117. The first-order valence-corrected chi connectivity index (χ1v) is 9.11. The molecule has 1 N–H and O–H groups in total. The van der Waals surface area contributed by atoms with Crippen LogP contribution in [0.1, 0.15) is 21.3 Å². The maximum atomic E-state index is 13.3. The van der Waals surface area contributed by atoms with Crippen molar-refractivity contribution in [2.45, 2.75) is 6.04 Å². The monoisotopic (exact) mass is 379 g/mol. The van der Waals surface area contributed by atoms with E-state index < -0.39 is 29.3 Å². The minimum Gasteiger partial charge on any atom is -0.503 e. The van der Waals surface area contributed by atoms with Gasteiger partial charge in [0.15, 0.2) is 5.76 Å². The number of ketones is 1. The van der Waals surface area contributed by atoms with Gasteiger partial charge in [0.1, 0.15) is 5.82 Å². The molecule has 1 aromatic heterocycles. The van der Waals surface area contributed by atoms with Crippen molar-refractivity contribution >= 4 is 28.7 Å². The zero-order valence-corrected chi connectivity index (χ0v) is 14.8. The number of aliphatic hydroxyl groups is 1. The number of amides is 1. The van der Waals surface area contributed by atoms with E-state index in [1.54, 1.807) is 41.8 Å². The largest absolute Gasteiger partial charge is 0.503 e. The fraction of sp³-hybridized carbons (Fsp3) is 0.0476. The maximum absolute atomic E-state index is 13.3. The van der Waals surface area contributed by atoms with E-state index in [1.807, 2.05) is 6.07 Å². The van der Waals surface area contributed by atoms with Crippen LogP contribution in [0.25, 0.3) is 0 Å². The molecule has 0 radical (unpaired) electrons. The van der Waals surface area contributed by atoms with Gasteiger partial charge in [-0.2, -0.15) is 0 Å². The highest BCUT2D eigenvalue weighted by Gasteiger charge is 2.44. The van der Waals surface area contributed by atoms with E-state index >= 15 is 0 Å². The summed E-state index contributed by atoms with van der Waals surface area (Å²) in [6.07, 6.45) is 0. The minimum atomic E-state index is -0.793. The van der Waals surface area contributed by atoms with Crippen molar-refractivity contribution in [1.82, 2.24) is 0 Å². The molecule has 0 spiro atoms. The Balaban J connectivity index is 1.87. The molecular weight excluding hydrogens is 365 g/mol. The van der Waals surface area contributed by atoms with Crippen LogP contribution in [0.5, 0.6) is 0 Å². The number of rotatable bonds is 4. The molecule has 0 fully saturated rings. The second-order valence-corrected chi connectivity index (χ2v) is 6.98. The van der Waals surface area contributed by atoms with Gasteiger partial charge in [-0.3, -0.25) is 14.5 Å². The number of nitrogens with zero attached hydrogens (tertiary/aromatic N) is 1. The molecule has 0 saturated heterocycles. The second-order valence-electron chi connectivity index (χ2n) is 6.03. The van der Waals surface area contributed by atoms with Crippen LogP contribution >= 0.6 is 11.3 Å². The Morgan fingerprint density at radius 1 is 1.00 bits per heavy atom. The van der Waals surface area contributed by atoms with E-state index in [2.05, 4.69) is 0 Å². The SMILES string of the molecule is O=C(C1=C(O)C(=O)N(c2ccc(F)cc2)C1c1ccccc1)c1cccs1. The fourth-order valence-electron chi connectivity index (χ4n) is 3.20. The van der Waals surface area contributed by atoms with Gasteiger partial charge in [-0.05, 0) is 41.3 Å². The number of Topliss-reactive ketones (excluding diaryl/α,β-unsaturated/α-hetero) is 1. The number of halogens is 1. The highest BCUT2D eigenvalue weighted by molar-refractivity contribution is 7.12. The maximum Gasteiger partial charge on any atom is 0.294 e. The molecule has 1 aliphatic heterocycles. The summed E-state index contributed by atoms with van der Waals surface area (Å²) in [6, 6.07) is 17.0. The molecule has 1 atom stereocenters. The Kier molecular flexibility index (Phi) is 4.33. The Bertz CT molecular complexity index is 1030. The molecule has 4 rings (SSSR count). The molecule has 134 valence electrons. The number of thiophene rings is 1. The molecule has 2 aromatic carbocycles. The van der Waals surface area contributed by atoms with Crippen LogP contribution in [0, 0.1) is 5.82 Å². The minimum absolute atomic E-state index is 0.0259. The van der Waals surface area contributed by atoms with E-state index in [0.29, 0.717) is 16.1 Å². The third-order valence-corrected chi connectivity index (χ3v) is 5.29. The molecule has 0 saturated carbocycles. The summed E-state index contributed by atoms with van der Waals surface area (Å²) in [5.74, 6) is -2.09. The van der Waals surface area contributed by atoms with Gasteiger partial charge in [0, 0.05) is 5.69 Å². The van der Waals surface area contributed by atoms with Crippen molar-refractivity contribution < 1.29 is 19.1 Å². The van der Waals surface area contributed by atoms with Crippen molar-refractivity contribution in [2.24, 2.45) is 0 Å². The Hall–Kier alpha value is -3.25. The summed E-state index contributed by atoms with van der Waals surface area (Å²) in [5.41, 5.74) is 1.10. The van der Waals surface area contributed by atoms with Crippen LogP contribution in [0.4, 0.5) is 10.1 Å². The van der Waals surface area contributed by atoms with Crippen LogP contribution < -0.4 is 4.90 Å². The smallest absolute Gasteiger partial charge is 0.294 e. The highest BCUT2D eigenvalue weighted by atomic mass is 32.1. The first kappa shape index (κ1) is 17.2. The number of aliphatic hydroxyl groups excluding tert-OH is 1. The summed E-state index contributed by atoms with van der Waals surface area (Å²) in [5, 5.41) is 12.3. The zero-order chi connectivity index (χ0) is 19.0. The van der Waals surface area contributed by atoms with Gasteiger partial charge in [-0.15, -0.1) is 11.3 Å². The van der Waals surface area contributed by atoms with Gasteiger partial charge in [0.25, 0.3) is 5.91 Å². The van der Waals surface area contributed by atoms with E-state index in [-0.39, 0.29) is 5.57 Å². The number of hydrogen-bond donors (Lipinski definition) is 1. The van der Waals surface area contributed by atoms with Crippen LogP contribution in [-0.2, 0) is 4.79 Å². The molecular formula is C21H14FNO3S. The van der Waals surface area contributed by atoms with Gasteiger partial charge in [-0.25, -0.2) is 4.39 Å². The second kappa shape index (κ2) is 6.81.